The number of thioether (sulfide) groups is 1. The summed E-state index contributed by atoms with van der Waals surface area (Å²) in [5.41, 5.74) is 0. The van der Waals surface area contributed by atoms with Crippen LogP contribution in [-0.4, -0.2) is 50.4 Å². The van der Waals surface area contributed by atoms with E-state index in [9.17, 15) is 8.42 Å². The molecule has 1 unspecified atom stereocenters. The van der Waals surface area contributed by atoms with Crippen molar-refractivity contribution < 1.29 is 8.42 Å². The van der Waals surface area contributed by atoms with Gasteiger partial charge in [0.2, 0.25) is 0 Å². The van der Waals surface area contributed by atoms with Gasteiger partial charge in [-0.1, -0.05) is 6.92 Å². The molecule has 0 saturated carbocycles. The van der Waals surface area contributed by atoms with E-state index in [0.29, 0.717) is 4.21 Å². The van der Waals surface area contributed by atoms with E-state index in [4.69, 9.17) is 0 Å². The first kappa shape index (κ1) is 16.3. The van der Waals surface area contributed by atoms with Gasteiger partial charge in [-0.2, -0.15) is 16.1 Å². The standard InChI is InChI=1S/C13H22N2O2S3/c1-3-14-8-6-12-4-5-13(19-12)20(16,17)15(2)11-7-9-18-10-11/h4-5,11,14H,3,6-10H2,1-2H3. The molecule has 2 heterocycles. The zero-order chi connectivity index (χ0) is 14.6. The molecule has 1 aromatic rings. The summed E-state index contributed by atoms with van der Waals surface area (Å²) in [6, 6.07) is 3.84. The Morgan fingerprint density at radius 3 is 2.90 bits per heavy atom. The quantitative estimate of drug-likeness (QED) is 0.775. The maximum absolute atomic E-state index is 12.6. The summed E-state index contributed by atoms with van der Waals surface area (Å²) in [7, 11) is -1.60. The van der Waals surface area contributed by atoms with E-state index in [1.165, 1.54) is 11.3 Å². The van der Waals surface area contributed by atoms with Gasteiger partial charge in [0.1, 0.15) is 4.21 Å². The van der Waals surface area contributed by atoms with Crippen LogP contribution in [0.1, 0.15) is 18.2 Å². The minimum absolute atomic E-state index is 0.150. The van der Waals surface area contributed by atoms with E-state index in [0.717, 1.165) is 42.3 Å². The Morgan fingerprint density at radius 1 is 1.45 bits per heavy atom. The van der Waals surface area contributed by atoms with Crippen molar-refractivity contribution in [3.05, 3.63) is 17.0 Å². The summed E-state index contributed by atoms with van der Waals surface area (Å²) in [5.74, 6) is 1.97. The minimum atomic E-state index is -3.31. The summed E-state index contributed by atoms with van der Waals surface area (Å²) >= 11 is 3.23. The van der Waals surface area contributed by atoms with Crippen molar-refractivity contribution in [1.82, 2.24) is 9.62 Å². The second kappa shape index (κ2) is 7.26. The lowest BCUT2D eigenvalue weighted by Crippen LogP contribution is -2.36. The lowest BCUT2D eigenvalue weighted by Gasteiger charge is -2.22. The van der Waals surface area contributed by atoms with Crippen LogP contribution in [0.3, 0.4) is 0 Å². The highest BCUT2D eigenvalue weighted by Crippen LogP contribution is 2.29. The van der Waals surface area contributed by atoms with Crippen LogP contribution in [0.15, 0.2) is 16.3 Å². The molecule has 0 aliphatic carbocycles. The van der Waals surface area contributed by atoms with Crippen molar-refractivity contribution in [2.45, 2.75) is 30.0 Å². The Morgan fingerprint density at radius 2 is 2.25 bits per heavy atom. The molecule has 1 N–H and O–H groups in total. The first-order chi connectivity index (χ1) is 9.55. The van der Waals surface area contributed by atoms with E-state index in [2.05, 4.69) is 12.2 Å². The summed E-state index contributed by atoms with van der Waals surface area (Å²) < 4.78 is 27.2. The number of hydrogen-bond donors (Lipinski definition) is 1. The van der Waals surface area contributed by atoms with Crippen LogP contribution < -0.4 is 5.32 Å². The summed E-state index contributed by atoms with van der Waals surface area (Å²) in [4.78, 5) is 1.12. The number of nitrogens with zero attached hydrogens (tertiary/aromatic N) is 1. The number of thiophene rings is 1. The fourth-order valence-electron chi connectivity index (χ4n) is 2.17. The van der Waals surface area contributed by atoms with Gasteiger partial charge in [-0.15, -0.1) is 11.3 Å². The molecule has 0 aromatic carbocycles. The molecule has 0 bridgehead atoms. The third kappa shape index (κ3) is 3.76. The Balaban J connectivity index is 2.05. The Hall–Kier alpha value is -0.0800. The highest BCUT2D eigenvalue weighted by Gasteiger charge is 2.31. The number of nitrogens with one attached hydrogen (secondary N) is 1. The van der Waals surface area contributed by atoms with Gasteiger partial charge in [0.15, 0.2) is 0 Å². The van der Waals surface area contributed by atoms with Gasteiger partial charge in [-0.05, 0) is 43.8 Å². The van der Waals surface area contributed by atoms with Gasteiger partial charge >= 0.3 is 0 Å². The molecule has 1 saturated heterocycles. The molecular formula is C13H22N2O2S3. The minimum Gasteiger partial charge on any atom is -0.317 e. The SMILES string of the molecule is CCNCCc1ccc(S(=O)(=O)N(C)C2CCSC2)s1. The molecule has 7 heteroatoms. The van der Waals surface area contributed by atoms with Gasteiger partial charge in [0, 0.05) is 23.7 Å². The predicted octanol–water partition coefficient (Wildman–Crippen LogP) is 2.03. The molecule has 0 spiro atoms. The molecule has 1 aliphatic heterocycles. The summed E-state index contributed by atoms with van der Waals surface area (Å²) in [6.07, 6.45) is 1.84. The highest BCUT2D eigenvalue weighted by atomic mass is 32.2. The molecule has 1 atom stereocenters. The van der Waals surface area contributed by atoms with Gasteiger partial charge in [0.05, 0.1) is 0 Å². The van der Waals surface area contributed by atoms with Crippen molar-refractivity contribution in [2.75, 3.05) is 31.6 Å². The van der Waals surface area contributed by atoms with Crippen molar-refractivity contribution in [1.29, 1.82) is 0 Å². The smallest absolute Gasteiger partial charge is 0.252 e. The van der Waals surface area contributed by atoms with Crippen molar-refractivity contribution in [3.8, 4) is 0 Å². The maximum atomic E-state index is 12.6. The molecule has 1 aliphatic rings. The molecule has 0 amide bonds. The maximum Gasteiger partial charge on any atom is 0.252 e. The first-order valence-electron chi connectivity index (χ1n) is 6.91. The average molecular weight is 335 g/mol. The Labute approximate surface area is 130 Å². The fraction of sp³-hybridized carbons (Fsp3) is 0.692. The van der Waals surface area contributed by atoms with Crippen LogP contribution in [0.2, 0.25) is 0 Å². The van der Waals surface area contributed by atoms with Crippen LogP contribution in [-0.2, 0) is 16.4 Å². The van der Waals surface area contributed by atoms with Crippen molar-refractivity contribution in [2.24, 2.45) is 0 Å². The van der Waals surface area contributed by atoms with E-state index < -0.39 is 10.0 Å². The van der Waals surface area contributed by atoms with E-state index in [-0.39, 0.29) is 6.04 Å². The van der Waals surface area contributed by atoms with Crippen LogP contribution in [0.4, 0.5) is 0 Å². The fourth-order valence-corrected chi connectivity index (χ4v) is 6.45. The molecule has 4 nitrogen and oxygen atoms in total. The lowest BCUT2D eigenvalue weighted by molar-refractivity contribution is 0.396. The van der Waals surface area contributed by atoms with E-state index >= 15 is 0 Å². The van der Waals surface area contributed by atoms with Gasteiger partial charge in [-0.3, -0.25) is 0 Å². The molecule has 1 aromatic heterocycles. The second-order valence-corrected chi connectivity index (χ2v) is 9.41. The lowest BCUT2D eigenvalue weighted by atomic mass is 10.3. The first-order valence-corrected chi connectivity index (χ1v) is 10.3. The predicted molar refractivity (Wildman–Crippen MR) is 87.2 cm³/mol. The van der Waals surface area contributed by atoms with Crippen LogP contribution in [0.5, 0.6) is 0 Å². The summed E-state index contributed by atoms with van der Waals surface area (Å²) in [6.45, 7) is 3.91. The average Bonchev–Trinajstić information content (AvgIpc) is 3.09. The Kier molecular flexibility index (Phi) is 5.92. The monoisotopic (exact) mass is 334 g/mol. The number of sulfonamides is 1. The zero-order valence-corrected chi connectivity index (χ0v) is 14.4. The van der Waals surface area contributed by atoms with E-state index in [1.807, 2.05) is 17.8 Å². The third-order valence-corrected chi connectivity index (χ3v) is 8.16. The molecule has 20 heavy (non-hydrogen) atoms. The van der Waals surface area contributed by atoms with Crippen LogP contribution in [0, 0.1) is 0 Å². The molecular weight excluding hydrogens is 312 g/mol. The van der Waals surface area contributed by atoms with Crippen LogP contribution >= 0.6 is 23.1 Å². The van der Waals surface area contributed by atoms with Crippen LogP contribution in [0.25, 0.3) is 0 Å². The zero-order valence-electron chi connectivity index (χ0n) is 12.0. The van der Waals surface area contributed by atoms with Crippen molar-refractivity contribution in [3.63, 3.8) is 0 Å². The molecule has 114 valence electrons. The van der Waals surface area contributed by atoms with Gasteiger partial charge < -0.3 is 5.32 Å². The van der Waals surface area contributed by atoms with Gasteiger partial charge in [0.25, 0.3) is 10.0 Å². The molecule has 0 radical (unpaired) electrons. The topological polar surface area (TPSA) is 49.4 Å². The van der Waals surface area contributed by atoms with Crippen molar-refractivity contribution >= 4 is 33.1 Å². The highest BCUT2D eigenvalue weighted by molar-refractivity contribution is 7.99. The number of rotatable bonds is 7. The van der Waals surface area contributed by atoms with E-state index in [1.54, 1.807) is 17.4 Å². The normalized spacial score (nSPS) is 19.9. The third-order valence-electron chi connectivity index (χ3n) is 3.49. The Bertz CT molecular complexity index is 521. The number of hydrogen-bond acceptors (Lipinski definition) is 5. The molecule has 2 rings (SSSR count). The molecule has 1 fully saturated rings. The van der Waals surface area contributed by atoms with Gasteiger partial charge in [-0.25, -0.2) is 8.42 Å². The number of likely N-dealkylation sites (N-methyl/N-ethyl adjacent to an activating group) is 1. The second-order valence-electron chi connectivity index (χ2n) is 4.86. The summed E-state index contributed by atoms with van der Waals surface area (Å²) in [5, 5.41) is 3.26. The largest absolute Gasteiger partial charge is 0.317 e.